The molecule has 4 amide bonds. The van der Waals surface area contributed by atoms with E-state index >= 15 is 0 Å². The standard InChI is InChI=1S/C18H19F3N4O3/c19-18(20,21)11-4-1-2-5-12(11)23-17(28)22-10-8-14-16(27)24-7-3-6-13(24)15(26)25(14)9-10/h1-2,4-5,10,13-14H,3,6-9H2,(H2,22,23,28)/t10-,13+,14-/m0/s1. The number of piperazine rings is 1. The number of halogens is 3. The number of amides is 4. The van der Waals surface area contributed by atoms with Crippen molar-refractivity contribution in [2.75, 3.05) is 18.4 Å². The van der Waals surface area contributed by atoms with E-state index in [-0.39, 0.29) is 30.5 Å². The number of nitrogens with zero attached hydrogens (tertiary/aromatic N) is 2. The molecule has 0 bridgehead atoms. The Morgan fingerprint density at radius 1 is 1.07 bits per heavy atom. The van der Waals surface area contributed by atoms with E-state index in [1.807, 2.05) is 0 Å². The average molecular weight is 396 g/mol. The van der Waals surface area contributed by atoms with Crippen LogP contribution in [0.5, 0.6) is 0 Å². The lowest BCUT2D eigenvalue weighted by Crippen LogP contribution is -2.60. The van der Waals surface area contributed by atoms with Crippen LogP contribution in [0.4, 0.5) is 23.7 Å². The second-order valence-electron chi connectivity index (χ2n) is 7.27. The van der Waals surface area contributed by atoms with Gasteiger partial charge < -0.3 is 20.4 Å². The van der Waals surface area contributed by atoms with Crippen molar-refractivity contribution in [1.82, 2.24) is 15.1 Å². The van der Waals surface area contributed by atoms with Gasteiger partial charge in [0.05, 0.1) is 17.3 Å². The van der Waals surface area contributed by atoms with E-state index in [2.05, 4.69) is 10.6 Å². The van der Waals surface area contributed by atoms with Crippen LogP contribution in [0.1, 0.15) is 24.8 Å². The van der Waals surface area contributed by atoms with Crippen LogP contribution in [-0.4, -0.2) is 58.9 Å². The second kappa shape index (κ2) is 6.68. The van der Waals surface area contributed by atoms with Crippen LogP contribution in [-0.2, 0) is 15.8 Å². The Morgan fingerprint density at radius 3 is 2.54 bits per heavy atom. The van der Waals surface area contributed by atoms with Crippen molar-refractivity contribution in [2.24, 2.45) is 0 Å². The number of carbonyl (C=O) groups excluding carboxylic acids is 3. The number of hydrogen-bond acceptors (Lipinski definition) is 3. The largest absolute Gasteiger partial charge is 0.418 e. The molecule has 3 heterocycles. The Morgan fingerprint density at radius 2 is 1.79 bits per heavy atom. The highest BCUT2D eigenvalue weighted by Crippen LogP contribution is 2.35. The molecule has 1 aromatic rings. The minimum atomic E-state index is -4.59. The van der Waals surface area contributed by atoms with Gasteiger partial charge in [0.1, 0.15) is 12.1 Å². The Bertz CT molecular complexity index is 799. The summed E-state index contributed by atoms with van der Waals surface area (Å²) in [7, 11) is 0. The predicted molar refractivity (Wildman–Crippen MR) is 92.2 cm³/mol. The molecule has 1 aromatic carbocycles. The molecule has 0 saturated carbocycles. The normalized spacial score (nSPS) is 26.9. The van der Waals surface area contributed by atoms with Gasteiger partial charge in [-0.2, -0.15) is 13.2 Å². The molecule has 4 rings (SSSR count). The molecule has 0 spiro atoms. The van der Waals surface area contributed by atoms with Crippen molar-refractivity contribution < 1.29 is 27.6 Å². The van der Waals surface area contributed by atoms with E-state index in [0.29, 0.717) is 13.0 Å². The zero-order chi connectivity index (χ0) is 20.1. The number of nitrogens with one attached hydrogen (secondary N) is 2. The minimum Gasteiger partial charge on any atom is -0.333 e. The maximum Gasteiger partial charge on any atom is 0.418 e. The van der Waals surface area contributed by atoms with E-state index in [1.54, 1.807) is 4.90 Å². The van der Waals surface area contributed by atoms with E-state index in [4.69, 9.17) is 0 Å². The first-order chi connectivity index (χ1) is 13.3. The third kappa shape index (κ3) is 3.16. The lowest BCUT2D eigenvalue weighted by molar-refractivity contribution is -0.156. The molecule has 0 aliphatic carbocycles. The van der Waals surface area contributed by atoms with Crippen molar-refractivity contribution in [3.8, 4) is 0 Å². The first-order valence-corrected chi connectivity index (χ1v) is 9.10. The van der Waals surface area contributed by atoms with Crippen LogP contribution < -0.4 is 10.6 Å². The fraction of sp³-hybridized carbons (Fsp3) is 0.500. The highest BCUT2D eigenvalue weighted by atomic mass is 19.4. The summed E-state index contributed by atoms with van der Waals surface area (Å²) in [4.78, 5) is 40.5. The van der Waals surface area contributed by atoms with Crippen LogP contribution in [0.3, 0.4) is 0 Å². The van der Waals surface area contributed by atoms with Crippen LogP contribution in [0.2, 0.25) is 0 Å². The average Bonchev–Trinajstić information content (AvgIpc) is 3.27. The molecule has 150 valence electrons. The molecular weight excluding hydrogens is 377 g/mol. The topological polar surface area (TPSA) is 81.8 Å². The van der Waals surface area contributed by atoms with Gasteiger partial charge in [-0.25, -0.2) is 4.79 Å². The molecule has 0 aromatic heterocycles. The molecule has 3 aliphatic rings. The molecule has 10 heteroatoms. The second-order valence-corrected chi connectivity index (χ2v) is 7.27. The molecule has 0 unspecified atom stereocenters. The summed E-state index contributed by atoms with van der Waals surface area (Å²) in [6, 6.07) is 2.34. The van der Waals surface area contributed by atoms with E-state index in [1.165, 1.54) is 23.1 Å². The van der Waals surface area contributed by atoms with Gasteiger partial charge in [-0.05, 0) is 31.4 Å². The number of benzene rings is 1. The number of hydrogen-bond donors (Lipinski definition) is 2. The molecule has 0 radical (unpaired) electrons. The molecule has 2 N–H and O–H groups in total. The summed E-state index contributed by atoms with van der Waals surface area (Å²) in [6.07, 6.45) is -2.91. The monoisotopic (exact) mass is 396 g/mol. The lowest BCUT2D eigenvalue weighted by atomic mass is 10.1. The van der Waals surface area contributed by atoms with Crippen molar-refractivity contribution in [3.05, 3.63) is 29.8 Å². The lowest BCUT2D eigenvalue weighted by Gasteiger charge is -2.38. The summed E-state index contributed by atoms with van der Waals surface area (Å²) in [5.41, 5.74) is -1.30. The van der Waals surface area contributed by atoms with E-state index in [0.717, 1.165) is 12.5 Å². The first kappa shape index (κ1) is 18.6. The summed E-state index contributed by atoms with van der Waals surface area (Å²) in [5.74, 6) is -0.233. The van der Waals surface area contributed by atoms with Gasteiger partial charge in [-0.3, -0.25) is 9.59 Å². The van der Waals surface area contributed by atoms with Crippen LogP contribution >= 0.6 is 0 Å². The third-order valence-electron chi connectivity index (χ3n) is 5.51. The van der Waals surface area contributed by atoms with Gasteiger partial charge in [0.2, 0.25) is 11.8 Å². The number of anilines is 1. The van der Waals surface area contributed by atoms with Gasteiger partial charge in [0.25, 0.3) is 0 Å². The van der Waals surface area contributed by atoms with Crippen molar-refractivity contribution in [1.29, 1.82) is 0 Å². The maximum absolute atomic E-state index is 13.0. The van der Waals surface area contributed by atoms with E-state index < -0.39 is 35.9 Å². The number of alkyl halides is 3. The number of fused-ring (bicyclic) bond motifs is 2. The predicted octanol–water partition coefficient (Wildman–Crippen LogP) is 1.80. The summed E-state index contributed by atoms with van der Waals surface area (Å²) in [5, 5.41) is 4.81. The van der Waals surface area contributed by atoms with Crippen LogP contribution in [0, 0.1) is 0 Å². The molecule has 3 fully saturated rings. The van der Waals surface area contributed by atoms with Crippen LogP contribution in [0.15, 0.2) is 24.3 Å². The Balaban J connectivity index is 1.42. The zero-order valence-corrected chi connectivity index (χ0v) is 14.8. The summed E-state index contributed by atoms with van der Waals surface area (Å²) < 4.78 is 39.1. The van der Waals surface area contributed by atoms with Crippen LogP contribution in [0.25, 0.3) is 0 Å². The van der Waals surface area contributed by atoms with Crippen molar-refractivity contribution in [3.63, 3.8) is 0 Å². The maximum atomic E-state index is 13.0. The SMILES string of the molecule is O=C(Nc1ccccc1C(F)(F)F)N[C@H]1C[C@H]2C(=O)N3CCC[C@@H]3C(=O)N2C1. The number of carbonyl (C=O) groups is 3. The molecular formula is C18H19F3N4O3. The third-order valence-corrected chi connectivity index (χ3v) is 5.51. The van der Waals surface area contributed by atoms with Gasteiger partial charge in [0.15, 0.2) is 0 Å². The molecule has 7 nitrogen and oxygen atoms in total. The number of para-hydroxylation sites is 1. The first-order valence-electron chi connectivity index (χ1n) is 9.10. The van der Waals surface area contributed by atoms with Crippen molar-refractivity contribution >= 4 is 23.5 Å². The minimum absolute atomic E-state index is 0.116. The highest BCUT2D eigenvalue weighted by molar-refractivity contribution is 5.98. The van der Waals surface area contributed by atoms with Crippen molar-refractivity contribution in [2.45, 2.75) is 43.6 Å². The van der Waals surface area contributed by atoms with E-state index in [9.17, 15) is 27.6 Å². The van der Waals surface area contributed by atoms with Gasteiger partial charge in [-0.15, -0.1) is 0 Å². The Kier molecular flexibility index (Phi) is 4.43. The molecule has 3 atom stereocenters. The molecule has 28 heavy (non-hydrogen) atoms. The Hall–Kier alpha value is -2.78. The van der Waals surface area contributed by atoms with Gasteiger partial charge in [-0.1, -0.05) is 12.1 Å². The zero-order valence-electron chi connectivity index (χ0n) is 14.8. The highest BCUT2D eigenvalue weighted by Gasteiger charge is 2.51. The smallest absolute Gasteiger partial charge is 0.333 e. The Labute approximate surface area is 158 Å². The summed E-state index contributed by atoms with van der Waals surface area (Å²) >= 11 is 0. The fourth-order valence-corrected chi connectivity index (χ4v) is 4.27. The summed E-state index contributed by atoms with van der Waals surface area (Å²) in [6.45, 7) is 0.736. The molecule has 3 saturated heterocycles. The van der Waals surface area contributed by atoms with Gasteiger partial charge in [0, 0.05) is 13.1 Å². The quantitative estimate of drug-likeness (QED) is 0.800. The van der Waals surface area contributed by atoms with Gasteiger partial charge >= 0.3 is 12.2 Å². The fourth-order valence-electron chi connectivity index (χ4n) is 4.27. The number of rotatable bonds is 2. The molecule has 3 aliphatic heterocycles. The number of urea groups is 1.